The van der Waals surface area contributed by atoms with Gasteiger partial charge in [-0.3, -0.25) is 0 Å². The molecule has 0 saturated heterocycles. The van der Waals surface area contributed by atoms with Gasteiger partial charge in [0.2, 0.25) is 0 Å². The molecule has 17 heavy (non-hydrogen) atoms. The first kappa shape index (κ1) is 16.8. The summed E-state index contributed by atoms with van der Waals surface area (Å²) in [6.45, 7) is 12.0. The third kappa shape index (κ3) is 15.8. The lowest BCUT2D eigenvalue weighted by atomic mass is 10.6. The molecule has 0 rings (SSSR count). The monoisotopic (exact) mass is 248 g/mol. The van der Waals surface area contributed by atoms with Gasteiger partial charge in [-0.25, -0.2) is 0 Å². The second-order valence-electron chi connectivity index (χ2n) is 3.54. The van der Waals surface area contributed by atoms with Gasteiger partial charge in [0, 0.05) is 13.1 Å². The molecule has 0 amide bonds. The van der Waals surface area contributed by atoms with E-state index in [1.807, 2.05) is 0 Å². The van der Waals surface area contributed by atoms with Gasteiger partial charge in [0.1, 0.15) is 0 Å². The maximum atomic E-state index is 5.36. The number of nitrogens with one attached hydrogen (secondary N) is 2. The van der Waals surface area contributed by atoms with Crippen LogP contribution in [0.5, 0.6) is 0 Å². The maximum absolute atomic E-state index is 5.36. The van der Waals surface area contributed by atoms with Crippen molar-refractivity contribution in [1.82, 2.24) is 10.6 Å². The van der Waals surface area contributed by atoms with E-state index >= 15 is 0 Å². The molecule has 5 nitrogen and oxygen atoms in total. The SMILES string of the molecule is CCNCCOCCOCCOCCNCC. The van der Waals surface area contributed by atoms with Gasteiger partial charge in [0.25, 0.3) is 0 Å². The summed E-state index contributed by atoms with van der Waals surface area (Å²) in [7, 11) is 0. The fourth-order valence-corrected chi connectivity index (χ4v) is 1.18. The third-order valence-corrected chi connectivity index (χ3v) is 2.09. The summed E-state index contributed by atoms with van der Waals surface area (Å²) in [5.41, 5.74) is 0. The molecule has 0 saturated carbocycles. The van der Waals surface area contributed by atoms with E-state index in [-0.39, 0.29) is 0 Å². The zero-order valence-electron chi connectivity index (χ0n) is 11.3. The van der Waals surface area contributed by atoms with E-state index in [4.69, 9.17) is 14.2 Å². The van der Waals surface area contributed by atoms with Crippen LogP contribution < -0.4 is 10.6 Å². The van der Waals surface area contributed by atoms with Gasteiger partial charge in [-0.2, -0.15) is 0 Å². The molecule has 0 aliphatic rings. The maximum Gasteiger partial charge on any atom is 0.0701 e. The normalized spacial score (nSPS) is 10.9. The molecule has 0 spiro atoms. The van der Waals surface area contributed by atoms with Crippen molar-refractivity contribution < 1.29 is 14.2 Å². The molecule has 0 heterocycles. The number of ether oxygens (including phenoxy) is 3. The van der Waals surface area contributed by atoms with E-state index < -0.39 is 0 Å². The van der Waals surface area contributed by atoms with E-state index in [1.54, 1.807) is 0 Å². The van der Waals surface area contributed by atoms with Gasteiger partial charge in [0.05, 0.1) is 39.6 Å². The van der Waals surface area contributed by atoms with Crippen molar-refractivity contribution in [2.24, 2.45) is 0 Å². The predicted molar refractivity (Wildman–Crippen MR) is 69.5 cm³/mol. The fraction of sp³-hybridized carbons (Fsp3) is 1.00. The average Bonchev–Trinajstić information content (AvgIpc) is 2.35. The van der Waals surface area contributed by atoms with Crippen molar-refractivity contribution in [2.75, 3.05) is 65.8 Å². The Morgan fingerprint density at radius 1 is 0.588 bits per heavy atom. The molecular weight excluding hydrogens is 220 g/mol. The Labute approximate surface area is 105 Å². The topological polar surface area (TPSA) is 51.8 Å². The van der Waals surface area contributed by atoms with E-state index in [9.17, 15) is 0 Å². The summed E-state index contributed by atoms with van der Waals surface area (Å²) in [5, 5.41) is 6.38. The lowest BCUT2D eigenvalue weighted by Gasteiger charge is -2.07. The van der Waals surface area contributed by atoms with Gasteiger partial charge in [0.15, 0.2) is 0 Å². The number of rotatable bonds is 14. The van der Waals surface area contributed by atoms with E-state index in [2.05, 4.69) is 24.5 Å². The highest BCUT2D eigenvalue weighted by molar-refractivity contribution is 4.41. The van der Waals surface area contributed by atoms with Gasteiger partial charge in [-0.15, -0.1) is 0 Å². The highest BCUT2D eigenvalue weighted by Gasteiger charge is 1.91. The van der Waals surface area contributed by atoms with Crippen LogP contribution >= 0.6 is 0 Å². The Hall–Kier alpha value is -0.200. The van der Waals surface area contributed by atoms with Gasteiger partial charge >= 0.3 is 0 Å². The highest BCUT2D eigenvalue weighted by atomic mass is 16.5. The van der Waals surface area contributed by atoms with Crippen LogP contribution in [0.25, 0.3) is 0 Å². The Morgan fingerprint density at radius 3 is 1.29 bits per heavy atom. The van der Waals surface area contributed by atoms with Crippen LogP contribution in [0.15, 0.2) is 0 Å². The molecule has 0 radical (unpaired) electrons. The Balaban J connectivity index is 2.85. The van der Waals surface area contributed by atoms with E-state index in [1.165, 1.54) is 0 Å². The van der Waals surface area contributed by atoms with Crippen molar-refractivity contribution in [3.05, 3.63) is 0 Å². The lowest BCUT2D eigenvalue weighted by molar-refractivity contribution is 0.0158. The van der Waals surface area contributed by atoms with Crippen LogP contribution in [0.2, 0.25) is 0 Å². The van der Waals surface area contributed by atoms with Crippen molar-refractivity contribution in [3.8, 4) is 0 Å². The molecule has 0 bridgehead atoms. The molecule has 0 aromatic rings. The Morgan fingerprint density at radius 2 is 0.941 bits per heavy atom. The number of hydrogen-bond acceptors (Lipinski definition) is 5. The largest absolute Gasteiger partial charge is 0.378 e. The molecule has 0 aliphatic heterocycles. The summed E-state index contributed by atoms with van der Waals surface area (Å²) in [6.07, 6.45) is 0. The van der Waals surface area contributed by atoms with Crippen LogP contribution in [0, 0.1) is 0 Å². The van der Waals surface area contributed by atoms with Crippen LogP contribution in [-0.2, 0) is 14.2 Å². The van der Waals surface area contributed by atoms with Crippen LogP contribution in [0.3, 0.4) is 0 Å². The second-order valence-corrected chi connectivity index (χ2v) is 3.54. The Kier molecular flexibility index (Phi) is 15.6. The zero-order chi connectivity index (χ0) is 12.6. The zero-order valence-corrected chi connectivity index (χ0v) is 11.3. The van der Waals surface area contributed by atoms with Crippen molar-refractivity contribution in [3.63, 3.8) is 0 Å². The Bertz CT molecular complexity index is 123. The molecule has 0 fully saturated rings. The summed E-state index contributed by atoms with van der Waals surface area (Å²) < 4.78 is 16.1. The molecule has 104 valence electrons. The average molecular weight is 248 g/mol. The standard InChI is InChI=1S/C12H28N2O3/c1-3-13-5-7-15-9-11-17-12-10-16-8-6-14-4-2/h13-14H,3-12H2,1-2H3. The minimum Gasteiger partial charge on any atom is -0.378 e. The highest BCUT2D eigenvalue weighted by Crippen LogP contribution is 1.80. The molecule has 0 unspecified atom stereocenters. The molecule has 0 aromatic carbocycles. The van der Waals surface area contributed by atoms with Gasteiger partial charge in [-0.1, -0.05) is 13.8 Å². The van der Waals surface area contributed by atoms with Crippen LogP contribution in [0.4, 0.5) is 0 Å². The molecule has 5 heteroatoms. The van der Waals surface area contributed by atoms with Crippen LogP contribution in [-0.4, -0.2) is 65.8 Å². The lowest BCUT2D eigenvalue weighted by Crippen LogP contribution is -2.21. The molecule has 0 aliphatic carbocycles. The minimum absolute atomic E-state index is 0.642. The summed E-state index contributed by atoms with van der Waals surface area (Å²) in [5.74, 6) is 0. The molecule has 0 aromatic heterocycles. The number of hydrogen-bond donors (Lipinski definition) is 2. The first-order valence-electron chi connectivity index (χ1n) is 6.56. The minimum atomic E-state index is 0.642. The summed E-state index contributed by atoms with van der Waals surface area (Å²) in [6, 6.07) is 0. The first-order chi connectivity index (χ1) is 8.41. The van der Waals surface area contributed by atoms with Crippen molar-refractivity contribution in [1.29, 1.82) is 0 Å². The van der Waals surface area contributed by atoms with E-state index in [0.717, 1.165) is 39.4 Å². The first-order valence-corrected chi connectivity index (χ1v) is 6.56. The summed E-state index contributed by atoms with van der Waals surface area (Å²) >= 11 is 0. The van der Waals surface area contributed by atoms with Gasteiger partial charge < -0.3 is 24.8 Å². The predicted octanol–water partition coefficient (Wildman–Crippen LogP) is 0.255. The second kappa shape index (κ2) is 15.8. The van der Waals surface area contributed by atoms with Crippen LogP contribution in [0.1, 0.15) is 13.8 Å². The van der Waals surface area contributed by atoms with Crippen molar-refractivity contribution >= 4 is 0 Å². The smallest absolute Gasteiger partial charge is 0.0701 e. The fourth-order valence-electron chi connectivity index (χ4n) is 1.18. The molecule has 0 atom stereocenters. The number of likely N-dealkylation sites (N-methyl/N-ethyl adjacent to an activating group) is 2. The third-order valence-electron chi connectivity index (χ3n) is 2.09. The molecule has 2 N–H and O–H groups in total. The summed E-state index contributed by atoms with van der Waals surface area (Å²) in [4.78, 5) is 0. The van der Waals surface area contributed by atoms with Crippen molar-refractivity contribution in [2.45, 2.75) is 13.8 Å². The van der Waals surface area contributed by atoms with Gasteiger partial charge in [-0.05, 0) is 13.1 Å². The quantitative estimate of drug-likeness (QED) is 0.432. The molecular formula is C12H28N2O3. The van der Waals surface area contributed by atoms with E-state index in [0.29, 0.717) is 26.4 Å².